The number of rotatable bonds is 7. The molecule has 272 valence electrons. The highest BCUT2D eigenvalue weighted by Crippen LogP contribution is 2.55. The van der Waals surface area contributed by atoms with Gasteiger partial charge >= 0.3 is 0 Å². The molecule has 0 N–H and O–H groups in total. The number of fused-ring (bicyclic) bond motifs is 7. The maximum absolute atomic E-state index is 6.90. The molecule has 2 aromatic heterocycles. The van der Waals surface area contributed by atoms with E-state index in [9.17, 15) is 0 Å². The monoisotopic (exact) mass is 735 g/mol. The quantitative estimate of drug-likeness (QED) is 0.163. The summed E-state index contributed by atoms with van der Waals surface area (Å²) in [6.45, 7) is 4.65. The van der Waals surface area contributed by atoms with Crippen LogP contribution in [0.4, 0.5) is 34.1 Å². The van der Waals surface area contributed by atoms with E-state index in [2.05, 4.69) is 169 Å². The van der Waals surface area contributed by atoms with Crippen molar-refractivity contribution in [3.05, 3.63) is 199 Å². The molecule has 0 aliphatic heterocycles. The highest BCUT2D eigenvalue weighted by Gasteiger charge is 2.38. The van der Waals surface area contributed by atoms with Gasteiger partial charge in [-0.05, 0) is 95.6 Å². The van der Waals surface area contributed by atoms with E-state index in [0.717, 1.165) is 67.1 Å². The predicted octanol–water partition coefficient (Wildman–Crippen LogP) is 14.6. The van der Waals surface area contributed by atoms with Gasteiger partial charge in [0.25, 0.3) is 0 Å². The number of para-hydroxylation sites is 3. The van der Waals surface area contributed by atoms with Crippen molar-refractivity contribution in [2.45, 2.75) is 19.3 Å². The maximum Gasteiger partial charge on any atom is 0.227 e. The first kappa shape index (κ1) is 33.0. The molecule has 0 amide bonds. The molecule has 0 bridgehead atoms. The van der Waals surface area contributed by atoms with Crippen molar-refractivity contribution >= 4 is 67.2 Å². The number of hydrogen-bond acceptors (Lipinski definition) is 5. The minimum absolute atomic E-state index is 0.172. The van der Waals surface area contributed by atoms with Crippen LogP contribution >= 0.6 is 0 Å². The van der Waals surface area contributed by atoms with Crippen molar-refractivity contribution in [1.82, 2.24) is 4.98 Å². The van der Waals surface area contributed by atoms with Crippen molar-refractivity contribution < 1.29 is 8.83 Å². The number of oxazole rings is 1. The molecule has 0 unspecified atom stereocenters. The van der Waals surface area contributed by atoms with Gasteiger partial charge < -0.3 is 18.6 Å². The normalized spacial score (nSPS) is 12.9. The molecule has 0 radical (unpaired) electrons. The van der Waals surface area contributed by atoms with Crippen LogP contribution in [0.2, 0.25) is 0 Å². The van der Waals surface area contributed by atoms with Crippen LogP contribution in [-0.2, 0) is 5.41 Å². The molecular formula is C52H37N3O2. The van der Waals surface area contributed by atoms with Gasteiger partial charge in [0.05, 0.1) is 17.1 Å². The zero-order valence-electron chi connectivity index (χ0n) is 31.6. The third-order valence-corrected chi connectivity index (χ3v) is 11.4. The Morgan fingerprint density at radius 1 is 0.456 bits per heavy atom. The fraction of sp³-hybridized carbons (Fsp3) is 0.0577. The highest BCUT2D eigenvalue weighted by atomic mass is 16.3. The highest BCUT2D eigenvalue weighted by molar-refractivity contribution is 6.07. The Bertz CT molecular complexity index is 3110. The molecular weight excluding hydrogens is 699 g/mol. The Labute approximate surface area is 330 Å². The molecule has 0 fully saturated rings. The number of aromatic nitrogens is 1. The molecule has 10 aromatic rings. The second-order valence-electron chi connectivity index (χ2n) is 15.2. The fourth-order valence-electron chi connectivity index (χ4n) is 8.78. The third-order valence-electron chi connectivity index (χ3n) is 11.4. The number of hydrogen-bond donors (Lipinski definition) is 0. The van der Waals surface area contributed by atoms with Crippen LogP contribution in [0.15, 0.2) is 197 Å². The Morgan fingerprint density at radius 2 is 1.11 bits per heavy atom. The second kappa shape index (κ2) is 12.9. The van der Waals surface area contributed by atoms with Crippen LogP contribution in [-0.4, -0.2) is 4.98 Å². The topological polar surface area (TPSA) is 45.7 Å². The van der Waals surface area contributed by atoms with Crippen LogP contribution in [0.1, 0.15) is 25.0 Å². The van der Waals surface area contributed by atoms with E-state index in [1.165, 1.54) is 22.3 Å². The molecule has 57 heavy (non-hydrogen) atoms. The molecule has 0 saturated heterocycles. The van der Waals surface area contributed by atoms with E-state index >= 15 is 0 Å². The van der Waals surface area contributed by atoms with Crippen molar-refractivity contribution in [2.24, 2.45) is 0 Å². The van der Waals surface area contributed by atoms with Crippen LogP contribution in [0.25, 0.3) is 55.6 Å². The standard InChI is InChI=1S/C52H37N3O2/c1-52(2)42-25-14-12-24-40(42)49-43(52)26-16-27-45(49)55(36-21-10-5-11-22-36)46-33-38(32-44-50(46)57-51(53-44)34-17-6-3-7-18-34)54(35-19-8-4-9-20-35)37-29-30-48-41(31-37)39-23-13-15-28-47(39)56-48/h3-33H,1-2H3. The first-order valence-electron chi connectivity index (χ1n) is 19.4. The van der Waals surface area contributed by atoms with Gasteiger partial charge in [-0.3, -0.25) is 0 Å². The summed E-state index contributed by atoms with van der Waals surface area (Å²) >= 11 is 0. The first-order chi connectivity index (χ1) is 28.0. The molecule has 0 saturated carbocycles. The van der Waals surface area contributed by atoms with Crippen LogP contribution in [0.3, 0.4) is 0 Å². The molecule has 1 aliphatic carbocycles. The van der Waals surface area contributed by atoms with E-state index in [0.29, 0.717) is 11.5 Å². The average Bonchev–Trinajstić information content (AvgIpc) is 3.93. The van der Waals surface area contributed by atoms with Crippen molar-refractivity contribution in [3.63, 3.8) is 0 Å². The molecule has 5 nitrogen and oxygen atoms in total. The third kappa shape index (κ3) is 5.27. The Hall–Kier alpha value is -7.37. The summed E-state index contributed by atoms with van der Waals surface area (Å²) in [6.07, 6.45) is 0. The fourth-order valence-corrected chi connectivity index (χ4v) is 8.78. The van der Waals surface area contributed by atoms with E-state index in [1.807, 2.05) is 42.5 Å². The van der Waals surface area contributed by atoms with E-state index in [-0.39, 0.29) is 5.41 Å². The van der Waals surface area contributed by atoms with Crippen molar-refractivity contribution in [1.29, 1.82) is 0 Å². The molecule has 0 atom stereocenters. The van der Waals surface area contributed by atoms with Gasteiger partial charge in [-0.25, -0.2) is 4.98 Å². The largest absolute Gasteiger partial charge is 0.456 e. The molecule has 5 heteroatoms. The maximum atomic E-state index is 6.90. The smallest absolute Gasteiger partial charge is 0.227 e. The van der Waals surface area contributed by atoms with E-state index < -0.39 is 0 Å². The summed E-state index contributed by atoms with van der Waals surface area (Å²) in [7, 11) is 0. The SMILES string of the molecule is CC1(C)c2ccccc2-c2c(N(c3ccccc3)c3cc(N(c4ccccc4)c4ccc5oc6ccccc6c5c4)cc4nc(-c5ccccc5)oc34)cccc21. The minimum Gasteiger partial charge on any atom is -0.456 e. The number of benzene rings is 8. The summed E-state index contributed by atoms with van der Waals surface area (Å²) in [6, 6.07) is 65.9. The number of nitrogens with zero attached hydrogens (tertiary/aromatic N) is 3. The number of anilines is 6. The van der Waals surface area contributed by atoms with Crippen LogP contribution < -0.4 is 9.80 Å². The summed E-state index contributed by atoms with van der Waals surface area (Å²) < 4.78 is 13.2. The van der Waals surface area contributed by atoms with Crippen molar-refractivity contribution in [2.75, 3.05) is 9.80 Å². The predicted molar refractivity (Wildman–Crippen MR) is 234 cm³/mol. The van der Waals surface area contributed by atoms with Gasteiger partial charge in [-0.15, -0.1) is 0 Å². The van der Waals surface area contributed by atoms with Gasteiger partial charge in [-0.1, -0.05) is 123 Å². The van der Waals surface area contributed by atoms with Gasteiger partial charge in [0.15, 0.2) is 5.58 Å². The lowest BCUT2D eigenvalue weighted by molar-refractivity contribution is 0.620. The number of furan rings is 1. The van der Waals surface area contributed by atoms with Crippen LogP contribution in [0.5, 0.6) is 0 Å². The summed E-state index contributed by atoms with van der Waals surface area (Å²) in [4.78, 5) is 9.89. The summed E-state index contributed by atoms with van der Waals surface area (Å²) in [5.41, 5.74) is 14.9. The Balaban J connectivity index is 1.21. The zero-order valence-corrected chi connectivity index (χ0v) is 31.6. The molecule has 8 aromatic carbocycles. The first-order valence-corrected chi connectivity index (χ1v) is 19.4. The lowest BCUT2D eigenvalue weighted by Gasteiger charge is -2.31. The Kier molecular flexibility index (Phi) is 7.45. The lowest BCUT2D eigenvalue weighted by atomic mass is 9.82. The van der Waals surface area contributed by atoms with Crippen molar-refractivity contribution in [3.8, 4) is 22.6 Å². The molecule has 0 spiro atoms. The molecule has 11 rings (SSSR count). The zero-order chi connectivity index (χ0) is 38.1. The minimum atomic E-state index is -0.172. The Morgan fingerprint density at radius 3 is 1.89 bits per heavy atom. The summed E-state index contributed by atoms with van der Waals surface area (Å²) in [5.74, 6) is 0.569. The molecule has 2 heterocycles. The van der Waals surface area contributed by atoms with Gasteiger partial charge in [0.1, 0.15) is 16.7 Å². The van der Waals surface area contributed by atoms with Crippen LogP contribution in [0, 0.1) is 0 Å². The second-order valence-corrected chi connectivity index (χ2v) is 15.2. The van der Waals surface area contributed by atoms with E-state index in [4.69, 9.17) is 13.8 Å². The van der Waals surface area contributed by atoms with E-state index in [1.54, 1.807) is 0 Å². The van der Waals surface area contributed by atoms with Gasteiger partial charge in [0.2, 0.25) is 5.89 Å². The average molecular weight is 736 g/mol. The van der Waals surface area contributed by atoms with Gasteiger partial charge in [0, 0.05) is 44.4 Å². The van der Waals surface area contributed by atoms with Gasteiger partial charge in [-0.2, -0.15) is 0 Å². The lowest BCUT2D eigenvalue weighted by Crippen LogP contribution is -2.16. The molecule has 1 aliphatic rings. The summed E-state index contributed by atoms with van der Waals surface area (Å²) in [5, 5.41) is 2.14.